The molecule has 172 valence electrons. The highest BCUT2D eigenvalue weighted by atomic mass is 79.9. The van der Waals surface area contributed by atoms with E-state index in [9.17, 15) is 0 Å². The number of thiophene rings is 2. The molecule has 30 heavy (non-hydrogen) atoms. The van der Waals surface area contributed by atoms with Gasteiger partial charge in [0.15, 0.2) is 0 Å². The second-order valence-corrected chi connectivity index (χ2v) is 13.5. The molecule has 2 rings (SSSR count). The Kier molecular flexibility index (Phi) is 14.6. The Morgan fingerprint density at radius 3 is 1.10 bits per heavy atom. The van der Waals surface area contributed by atoms with E-state index < -0.39 is 0 Å². The van der Waals surface area contributed by atoms with E-state index in [1.807, 2.05) is 22.7 Å². The van der Waals surface area contributed by atoms with Crippen LogP contribution in [-0.4, -0.2) is 0 Å². The molecule has 0 N–H and O–H groups in total. The Labute approximate surface area is 210 Å². The Morgan fingerprint density at radius 2 is 0.767 bits per heavy atom. The molecular formula is C26H42Br2S2. The van der Waals surface area contributed by atoms with Crippen LogP contribution in [0.2, 0.25) is 0 Å². The molecule has 0 atom stereocenters. The van der Waals surface area contributed by atoms with E-state index in [-0.39, 0.29) is 0 Å². The van der Waals surface area contributed by atoms with Crippen molar-refractivity contribution in [1.29, 1.82) is 0 Å². The van der Waals surface area contributed by atoms with E-state index >= 15 is 0 Å². The molecule has 0 spiro atoms. The van der Waals surface area contributed by atoms with E-state index in [2.05, 4.69) is 45.7 Å². The molecule has 0 fully saturated rings. The monoisotopic (exact) mass is 576 g/mol. The molecular weight excluding hydrogens is 536 g/mol. The standard InChI is InChI=1S/C26H42Br2S2/c1-3-5-7-9-11-13-15-17-19-21-23-24(30-25(21)27)22(26(28)29-23)20-18-16-14-12-10-8-6-4-2/h3-20H2,1-2H3. The molecule has 4 heteroatoms. The van der Waals surface area contributed by atoms with Gasteiger partial charge in [0.1, 0.15) is 0 Å². The summed E-state index contributed by atoms with van der Waals surface area (Å²) in [6.45, 7) is 4.59. The molecule has 0 saturated heterocycles. The fourth-order valence-electron chi connectivity index (χ4n) is 4.27. The summed E-state index contributed by atoms with van der Waals surface area (Å²) in [7, 11) is 0. The lowest BCUT2D eigenvalue weighted by atomic mass is 10.0. The Balaban J connectivity index is 1.75. The van der Waals surface area contributed by atoms with E-state index in [1.165, 1.54) is 123 Å². The van der Waals surface area contributed by atoms with E-state index in [1.54, 1.807) is 20.5 Å². The van der Waals surface area contributed by atoms with Crippen molar-refractivity contribution in [3.05, 3.63) is 18.7 Å². The molecule has 0 bridgehead atoms. The smallest absolute Gasteiger partial charge is 0.0751 e. The zero-order chi connectivity index (χ0) is 21.6. The minimum atomic E-state index is 1.24. The van der Waals surface area contributed by atoms with Gasteiger partial charge in [-0.2, -0.15) is 0 Å². The second kappa shape index (κ2) is 16.3. The van der Waals surface area contributed by atoms with Crippen LogP contribution in [-0.2, 0) is 12.8 Å². The summed E-state index contributed by atoms with van der Waals surface area (Å²) in [5.41, 5.74) is 3.16. The third kappa shape index (κ3) is 9.24. The lowest BCUT2D eigenvalue weighted by Crippen LogP contribution is -1.86. The van der Waals surface area contributed by atoms with Gasteiger partial charge in [-0.05, 0) is 68.7 Å². The summed E-state index contributed by atoms with van der Waals surface area (Å²) >= 11 is 11.7. The van der Waals surface area contributed by atoms with Crippen molar-refractivity contribution in [2.45, 2.75) is 129 Å². The maximum Gasteiger partial charge on any atom is 0.0751 e. The maximum absolute atomic E-state index is 3.89. The highest BCUT2D eigenvalue weighted by Gasteiger charge is 2.18. The third-order valence-corrected chi connectivity index (χ3v) is 10.4. The fourth-order valence-corrected chi connectivity index (χ4v) is 8.77. The van der Waals surface area contributed by atoms with Gasteiger partial charge in [0, 0.05) is 0 Å². The molecule has 0 aliphatic heterocycles. The molecule has 0 nitrogen and oxygen atoms in total. The first-order chi connectivity index (χ1) is 14.7. The Hall–Kier alpha value is 0.620. The molecule has 2 aromatic heterocycles. The number of fused-ring (bicyclic) bond motifs is 1. The van der Waals surface area contributed by atoms with Crippen molar-refractivity contribution in [2.24, 2.45) is 0 Å². The van der Waals surface area contributed by atoms with Gasteiger partial charge in [-0.1, -0.05) is 104 Å². The normalized spacial score (nSPS) is 11.7. The molecule has 2 heterocycles. The summed E-state index contributed by atoms with van der Waals surface area (Å²) in [6.07, 6.45) is 24.8. The zero-order valence-electron chi connectivity index (χ0n) is 19.3. The van der Waals surface area contributed by atoms with Crippen molar-refractivity contribution in [2.75, 3.05) is 0 Å². The van der Waals surface area contributed by atoms with Crippen LogP contribution in [0.15, 0.2) is 7.57 Å². The van der Waals surface area contributed by atoms with Gasteiger partial charge < -0.3 is 0 Å². The number of aryl methyl sites for hydroxylation is 2. The van der Waals surface area contributed by atoms with Gasteiger partial charge in [-0.25, -0.2) is 0 Å². The summed E-state index contributed by atoms with van der Waals surface area (Å²) in [5, 5.41) is 0. The van der Waals surface area contributed by atoms with Crippen LogP contribution in [0.3, 0.4) is 0 Å². The summed E-state index contributed by atoms with van der Waals surface area (Å²) in [5.74, 6) is 0. The van der Waals surface area contributed by atoms with Crippen molar-refractivity contribution >= 4 is 63.9 Å². The average molecular weight is 579 g/mol. The SMILES string of the molecule is CCCCCCCCCCc1c(Br)sc2c(CCCCCCCCCC)c(Br)sc12. The molecule has 0 radical (unpaired) electrons. The molecule has 2 aromatic rings. The number of hydrogen-bond donors (Lipinski definition) is 0. The van der Waals surface area contributed by atoms with Crippen LogP contribution in [0.25, 0.3) is 9.40 Å². The predicted octanol–water partition coefficient (Wildman–Crippen LogP) is 11.9. The topological polar surface area (TPSA) is 0 Å². The number of halogens is 2. The zero-order valence-corrected chi connectivity index (χ0v) is 24.1. The van der Waals surface area contributed by atoms with Gasteiger partial charge in [0.05, 0.1) is 17.0 Å². The largest absolute Gasteiger partial charge is 0.127 e. The van der Waals surface area contributed by atoms with E-state index in [4.69, 9.17) is 0 Å². The molecule has 0 aliphatic rings. The van der Waals surface area contributed by atoms with Crippen molar-refractivity contribution in [1.82, 2.24) is 0 Å². The highest BCUT2D eigenvalue weighted by molar-refractivity contribution is 9.11. The van der Waals surface area contributed by atoms with E-state index in [0.717, 1.165) is 0 Å². The first kappa shape index (κ1) is 26.9. The first-order valence-electron chi connectivity index (χ1n) is 12.6. The van der Waals surface area contributed by atoms with Gasteiger partial charge >= 0.3 is 0 Å². The average Bonchev–Trinajstić information content (AvgIpc) is 3.19. The molecule has 0 saturated carbocycles. The summed E-state index contributed by atoms with van der Waals surface area (Å²) < 4.78 is 5.88. The van der Waals surface area contributed by atoms with Gasteiger partial charge in [0.25, 0.3) is 0 Å². The summed E-state index contributed by atoms with van der Waals surface area (Å²) in [6, 6.07) is 0. The number of hydrogen-bond acceptors (Lipinski definition) is 2. The molecule has 0 amide bonds. The Morgan fingerprint density at radius 1 is 0.467 bits per heavy atom. The van der Waals surface area contributed by atoms with Crippen LogP contribution in [0.4, 0.5) is 0 Å². The summed E-state index contributed by atoms with van der Waals surface area (Å²) in [4.78, 5) is 0. The fraction of sp³-hybridized carbons (Fsp3) is 0.769. The van der Waals surface area contributed by atoms with Crippen molar-refractivity contribution in [3.63, 3.8) is 0 Å². The lowest BCUT2D eigenvalue weighted by molar-refractivity contribution is 0.576. The van der Waals surface area contributed by atoms with Crippen LogP contribution >= 0.6 is 54.5 Å². The molecule has 0 aliphatic carbocycles. The van der Waals surface area contributed by atoms with Crippen molar-refractivity contribution in [3.8, 4) is 0 Å². The molecule has 0 aromatic carbocycles. The van der Waals surface area contributed by atoms with Gasteiger partial charge in [-0.15, -0.1) is 22.7 Å². The third-order valence-electron chi connectivity index (χ3n) is 6.17. The van der Waals surface area contributed by atoms with E-state index in [0.29, 0.717) is 0 Å². The van der Waals surface area contributed by atoms with Crippen molar-refractivity contribution < 1.29 is 0 Å². The minimum absolute atomic E-state index is 1.24. The lowest BCUT2D eigenvalue weighted by Gasteiger charge is -2.02. The Bertz CT molecular complexity index is 642. The number of rotatable bonds is 18. The minimum Gasteiger partial charge on any atom is -0.127 e. The predicted molar refractivity (Wildman–Crippen MR) is 148 cm³/mol. The highest BCUT2D eigenvalue weighted by Crippen LogP contribution is 2.46. The van der Waals surface area contributed by atoms with Crippen LogP contribution in [0.5, 0.6) is 0 Å². The second-order valence-electron chi connectivity index (χ2n) is 8.82. The number of unbranched alkanes of at least 4 members (excludes halogenated alkanes) is 14. The maximum atomic E-state index is 3.89. The van der Waals surface area contributed by atoms with Gasteiger partial charge in [0.2, 0.25) is 0 Å². The van der Waals surface area contributed by atoms with Crippen LogP contribution in [0.1, 0.15) is 128 Å². The first-order valence-corrected chi connectivity index (χ1v) is 15.8. The molecule has 0 unspecified atom stereocenters. The quantitative estimate of drug-likeness (QED) is 0.154. The van der Waals surface area contributed by atoms with Crippen LogP contribution < -0.4 is 0 Å². The van der Waals surface area contributed by atoms with Gasteiger partial charge in [-0.3, -0.25) is 0 Å². The van der Waals surface area contributed by atoms with Crippen LogP contribution in [0, 0.1) is 0 Å².